The Morgan fingerprint density at radius 3 is 2.83 bits per heavy atom. The van der Waals surface area contributed by atoms with E-state index in [1.54, 1.807) is 0 Å². The van der Waals surface area contributed by atoms with Crippen molar-refractivity contribution in [2.75, 3.05) is 13.6 Å². The molecule has 0 saturated heterocycles. The van der Waals surface area contributed by atoms with E-state index in [9.17, 15) is 0 Å². The molecule has 1 unspecified atom stereocenters. The number of hydrogen-bond acceptors (Lipinski definition) is 3. The number of thiocarbonyl (C=S) groups is 1. The Bertz CT molecular complexity index is 179. The SMILES string of the molecule is CCCCN1C=CN(C)C1C=S. The molecule has 1 heterocycles. The zero-order valence-electron chi connectivity index (χ0n) is 7.73. The highest BCUT2D eigenvalue weighted by atomic mass is 32.1. The minimum atomic E-state index is 0.298. The molecule has 0 fully saturated rings. The van der Waals surface area contributed by atoms with Gasteiger partial charge in [0.1, 0.15) is 6.17 Å². The molecule has 12 heavy (non-hydrogen) atoms. The van der Waals surface area contributed by atoms with Crippen LogP contribution >= 0.6 is 12.2 Å². The summed E-state index contributed by atoms with van der Waals surface area (Å²) in [6, 6.07) is 0. The van der Waals surface area contributed by atoms with Gasteiger partial charge in [-0.3, -0.25) is 0 Å². The highest BCUT2D eigenvalue weighted by Gasteiger charge is 2.19. The van der Waals surface area contributed by atoms with Crippen molar-refractivity contribution in [2.45, 2.75) is 25.9 Å². The van der Waals surface area contributed by atoms with Gasteiger partial charge in [0.25, 0.3) is 0 Å². The summed E-state index contributed by atoms with van der Waals surface area (Å²) in [4.78, 5) is 4.40. The molecule has 68 valence electrons. The summed E-state index contributed by atoms with van der Waals surface area (Å²) in [6.07, 6.45) is 6.95. The smallest absolute Gasteiger partial charge is 0.130 e. The van der Waals surface area contributed by atoms with Crippen LogP contribution in [0.1, 0.15) is 19.8 Å². The van der Waals surface area contributed by atoms with Crippen molar-refractivity contribution in [3.63, 3.8) is 0 Å². The maximum absolute atomic E-state index is 4.97. The van der Waals surface area contributed by atoms with Crippen LogP contribution in [0, 0.1) is 0 Å². The average Bonchev–Trinajstić information content (AvgIpc) is 2.43. The van der Waals surface area contributed by atoms with Crippen molar-refractivity contribution in [1.82, 2.24) is 9.80 Å². The van der Waals surface area contributed by atoms with Gasteiger partial charge in [0.2, 0.25) is 0 Å². The number of rotatable bonds is 4. The lowest BCUT2D eigenvalue weighted by molar-refractivity contribution is 0.245. The monoisotopic (exact) mass is 184 g/mol. The average molecular weight is 184 g/mol. The first-order valence-electron chi connectivity index (χ1n) is 4.41. The van der Waals surface area contributed by atoms with E-state index in [0.29, 0.717) is 6.17 Å². The van der Waals surface area contributed by atoms with Crippen LogP contribution in [0.4, 0.5) is 0 Å². The van der Waals surface area contributed by atoms with Gasteiger partial charge in [0.15, 0.2) is 0 Å². The van der Waals surface area contributed by atoms with Gasteiger partial charge in [-0.1, -0.05) is 25.6 Å². The Kier molecular flexibility index (Phi) is 3.53. The molecule has 0 spiro atoms. The summed E-state index contributed by atoms with van der Waals surface area (Å²) < 4.78 is 0. The largest absolute Gasteiger partial charge is 0.355 e. The quantitative estimate of drug-likeness (QED) is 0.615. The third-order valence-corrected chi connectivity index (χ3v) is 2.39. The van der Waals surface area contributed by atoms with Crippen LogP contribution in [0.15, 0.2) is 12.4 Å². The van der Waals surface area contributed by atoms with Crippen LogP contribution in [0.5, 0.6) is 0 Å². The van der Waals surface area contributed by atoms with Gasteiger partial charge in [-0.15, -0.1) is 0 Å². The standard InChI is InChI=1S/C9H16N2S/c1-3-4-5-11-7-6-10(2)9(11)8-12/h6-9H,3-5H2,1-2H3. The van der Waals surface area contributed by atoms with Crippen molar-refractivity contribution in [2.24, 2.45) is 0 Å². The first-order valence-corrected chi connectivity index (χ1v) is 4.88. The molecule has 0 amide bonds. The van der Waals surface area contributed by atoms with Crippen LogP contribution in [-0.4, -0.2) is 34.9 Å². The lowest BCUT2D eigenvalue weighted by Gasteiger charge is -2.26. The molecule has 1 atom stereocenters. The summed E-state index contributed by atoms with van der Waals surface area (Å²) in [6.45, 7) is 3.31. The molecule has 0 N–H and O–H groups in total. The van der Waals surface area contributed by atoms with Gasteiger partial charge in [-0.25, -0.2) is 0 Å². The maximum Gasteiger partial charge on any atom is 0.130 e. The van der Waals surface area contributed by atoms with Crippen molar-refractivity contribution >= 4 is 17.6 Å². The highest BCUT2D eigenvalue weighted by Crippen LogP contribution is 2.12. The second-order valence-corrected chi connectivity index (χ2v) is 3.38. The molecule has 3 heteroatoms. The van der Waals surface area contributed by atoms with E-state index in [0.717, 1.165) is 6.54 Å². The Labute approximate surface area is 79.8 Å². The van der Waals surface area contributed by atoms with E-state index in [1.165, 1.54) is 12.8 Å². The minimum absolute atomic E-state index is 0.298. The molecular formula is C9H16N2S. The van der Waals surface area contributed by atoms with E-state index in [-0.39, 0.29) is 0 Å². The summed E-state index contributed by atoms with van der Waals surface area (Å²) >= 11 is 4.97. The van der Waals surface area contributed by atoms with Crippen LogP contribution in [0.25, 0.3) is 0 Å². The van der Waals surface area contributed by atoms with Crippen molar-refractivity contribution in [3.05, 3.63) is 12.4 Å². The Hall–Kier alpha value is -0.570. The molecule has 0 aliphatic carbocycles. The fourth-order valence-corrected chi connectivity index (χ4v) is 1.67. The first kappa shape index (κ1) is 9.52. The molecular weight excluding hydrogens is 168 g/mol. The van der Waals surface area contributed by atoms with Crippen LogP contribution < -0.4 is 0 Å². The van der Waals surface area contributed by atoms with Gasteiger partial charge in [-0.05, 0) is 6.42 Å². The third kappa shape index (κ3) is 1.97. The van der Waals surface area contributed by atoms with Crippen molar-refractivity contribution < 1.29 is 0 Å². The zero-order chi connectivity index (χ0) is 8.97. The summed E-state index contributed by atoms with van der Waals surface area (Å²) in [7, 11) is 2.05. The van der Waals surface area contributed by atoms with Crippen LogP contribution in [0.2, 0.25) is 0 Å². The van der Waals surface area contributed by atoms with Gasteiger partial charge in [0.05, 0.1) is 0 Å². The first-order chi connectivity index (χ1) is 5.79. The second-order valence-electron chi connectivity index (χ2n) is 3.10. The second kappa shape index (κ2) is 4.45. The number of unbranched alkanes of at least 4 members (excludes halogenated alkanes) is 1. The number of nitrogens with zero attached hydrogens (tertiary/aromatic N) is 2. The fraction of sp³-hybridized carbons (Fsp3) is 0.667. The lowest BCUT2D eigenvalue weighted by Crippen LogP contribution is -2.37. The molecule has 0 aromatic heterocycles. The zero-order valence-corrected chi connectivity index (χ0v) is 8.55. The van der Waals surface area contributed by atoms with Gasteiger partial charge < -0.3 is 9.80 Å². The Morgan fingerprint density at radius 2 is 2.25 bits per heavy atom. The predicted molar refractivity (Wildman–Crippen MR) is 56.0 cm³/mol. The molecule has 1 rings (SSSR count). The van der Waals surface area contributed by atoms with E-state index in [1.807, 2.05) is 5.37 Å². The maximum atomic E-state index is 4.97. The molecule has 1 aliphatic heterocycles. The molecule has 0 radical (unpaired) electrons. The normalized spacial score (nSPS) is 22.0. The van der Waals surface area contributed by atoms with Gasteiger partial charge in [-0.2, -0.15) is 0 Å². The van der Waals surface area contributed by atoms with E-state index in [4.69, 9.17) is 12.2 Å². The summed E-state index contributed by atoms with van der Waals surface area (Å²) in [5.41, 5.74) is 0. The lowest BCUT2D eigenvalue weighted by atomic mass is 10.3. The van der Waals surface area contributed by atoms with Gasteiger partial charge in [0, 0.05) is 31.4 Å². The van der Waals surface area contributed by atoms with Crippen LogP contribution in [-0.2, 0) is 0 Å². The van der Waals surface area contributed by atoms with Crippen molar-refractivity contribution in [1.29, 1.82) is 0 Å². The number of hydrogen-bond donors (Lipinski definition) is 0. The highest BCUT2D eigenvalue weighted by molar-refractivity contribution is 7.79. The summed E-state index contributed by atoms with van der Waals surface area (Å²) in [5.74, 6) is 0. The predicted octanol–water partition coefficient (Wildman–Crippen LogP) is 1.83. The Morgan fingerprint density at radius 1 is 1.50 bits per heavy atom. The Balaban J connectivity index is 2.43. The van der Waals surface area contributed by atoms with Crippen molar-refractivity contribution in [3.8, 4) is 0 Å². The van der Waals surface area contributed by atoms with Crippen LogP contribution in [0.3, 0.4) is 0 Å². The molecule has 0 aromatic rings. The third-order valence-electron chi connectivity index (χ3n) is 2.14. The molecule has 1 aliphatic rings. The van der Waals surface area contributed by atoms with E-state index >= 15 is 0 Å². The van der Waals surface area contributed by atoms with Gasteiger partial charge >= 0.3 is 0 Å². The van der Waals surface area contributed by atoms with E-state index in [2.05, 4.69) is 36.2 Å². The van der Waals surface area contributed by atoms with E-state index < -0.39 is 0 Å². The fourth-order valence-electron chi connectivity index (χ4n) is 1.32. The minimum Gasteiger partial charge on any atom is -0.355 e. The molecule has 0 aromatic carbocycles. The topological polar surface area (TPSA) is 6.48 Å². The molecule has 0 bridgehead atoms. The molecule has 0 saturated carbocycles. The molecule has 2 nitrogen and oxygen atoms in total. The summed E-state index contributed by atoms with van der Waals surface area (Å²) in [5, 5.41) is 1.82.